The Morgan fingerprint density at radius 3 is 2.40 bits per heavy atom. The standard InChI is InChI=1S/C26H24F3N5O/c1-17-8-10-20(11-9-17)33-13-12-32(16-18(33)2)25(35)21-15-30-34-23(26(27,28)29)14-22(31-24(21)34)19-6-4-3-5-7-19/h3-11,14-15,18H,12-13,16H2,1-2H3/t18-/m1/s1. The smallest absolute Gasteiger partial charge is 0.365 e. The summed E-state index contributed by atoms with van der Waals surface area (Å²) >= 11 is 0. The lowest BCUT2D eigenvalue weighted by Gasteiger charge is -2.41. The number of anilines is 1. The lowest BCUT2D eigenvalue weighted by molar-refractivity contribution is -0.142. The zero-order chi connectivity index (χ0) is 24.7. The molecule has 3 heterocycles. The third-order valence-electron chi connectivity index (χ3n) is 6.34. The van der Waals surface area contributed by atoms with Gasteiger partial charge in [0.2, 0.25) is 0 Å². The van der Waals surface area contributed by atoms with Crippen molar-refractivity contribution < 1.29 is 18.0 Å². The molecule has 180 valence electrons. The molecular formula is C26H24F3N5O. The number of alkyl halides is 3. The van der Waals surface area contributed by atoms with Gasteiger partial charge in [-0.2, -0.15) is 18.3 Å². The van der Waals surface area contributed by atoms with Crippen LogP contribution in [0.4, 0.5) is 18.9 Å². The van der Waals surface area contributed by atoms with Crippen LogP contribution in [0.25, 0.3) is 16.9 Å². The molecule has 0 spiro atoms. The lowest BCUT2D eigenvalue weighted by atomic mass is 10.1. The molecule has 4 aromatic rings. The second-order valence-electron chi connectivity index (χ2n) is 8.81. The number of hydrogen-bond acceptors (Lipinski definition) is 4. The number of hydrogen-bond donors (Lipinski definition) is 0. The van der Waals surface area contributed by atoms with Gasteiger partial charge < -0.3 is 9.80 Å². The van der Waals surface area contributed by atoms with E-state index in [1.54, 1.807) is 35.2 Å². The fraction of sp³-hybridized carbons (Fsp3) is 0.269. The molecule has 1 fully saturated rings. The molecule has 0 N–H and O–H groups in total. The Hall–Kier alpha value is -3.88. The van der Waals surface area contributed by atoms with Crippen LogP contribution in [0.15, 0.2) is 66.9 Å². The Labute approximate surface area is 200 Å². The summed E-state index contributed by atoms with van der Waals surface area (Å²) in [5, 5.41) is 3.90. The monoisotopic (exact) mass is 479 g/mol. The summed E-state index contributed by atoms with van der Waals surface area (Å²) in [5.74, 6) is -0.374. The normalized spacial score (nSPS) is 16.7. The van der Waals surface area contributed by atoms with E-state index in [0.717, 1.165) is 11.8 Å². The first-order valence-corrected chi connectivity index (χ1v) is 11.4. The highest BCUT2D eigenvalue weighted by Crippen LogP contribution is 2.33. The molecular weight excluding hydrogens is 455 g/mol. The molecule has 0 unspecified atom stereocenters. The van der Waals surface area contributed by atoms with Gasteiger partial charge >= 0.3 is 6.18 Å². The Morgan fingerprint density at radius 2 is 1.74 bits per heavy atom. The number of fused-ring (bicyclic) bond motifs is 1. The van der Waals surface area contributed by atoms with E-state index in [4.69, 9.17) is 0 Å². The first-order valence-electron chi connectivity index (χ1n) is 11.4. The Bertz CT molecular complexity index is 1370. The molecule has 9 heteroatoms. The quantitative estimate of drug-likeness (QED) is 0.412. The van der Waals surface area contributed by atoms with E-state index < -0.39 is 11.9 Å². The summed E-state index contributed by atoms with van der Waals surface area (Å²) in [4.78, 5) is 21.8. The van der Waals surface area contributed by atoms with E-state index in [2.05, 4.69) is 27.1 Å². The lowest BCUT2D eigenvalue weighted by Crippen LogP contribution is -2.53. The van der Waals surface area contributed by atoms with Crippen LogP contribution in [0.5, 0.6) is 0 Å². The number of carbonyl (C=O) groups excluding carboxylic acids is 1. The maximum atomic E-state index is 13.9. The minimum absolute atomic E-state index is 0.0378. The van der Waals surface area contributed by atoms with Crippen molar-refractivity contribution in [2.45, 2.75) is 26.1 Å². The van der Waals surface area contributed by atoms with Crippen LogP contribution in [0.2, 0.25) is 0 Å². The number of rotatable bonds is 3. The van der Waals surface area contributed by atoms with Gasteiger partial charge in [0.05, 0.1) is 11.9 Å². The van der Waals surface area contributed by atoms with E-state index in [-0.39, 0.29) is 28.9 Å². The average molecular weight is 480 g/mol. The molecule has 6 nitrogen and oxygen atoms in total. The van der Waals surface area contributed by atoms with Gasteiger partial charge in [-0.3, -0.25) is 4.79 Å². The molecule has 35 heavy (non-hydrogen) atoms. The fourth-order valence-corrected chi connectivity index (χ4v) is 4.50. The van der Waals surface area contributed by atoms with E-state index >= 15 is 0 Å². The van der Waals surface area contributed by atoms with Crippen molar-refractivity contribution >= 4 is 17.2 Å². The topological polar surface area (TPSA) is 53.7 Å². The summed E-state index contributed by atoms with van der Waals surface area (Å²) in [6.07, 6.45) is -3.48. The maximum absolute atomic E-state index is 13.9. The van der Waals surface area contributed by atoms with E-state index in [1.807, 2.05) is 26.0 Å². The minimum atomic E-state index is -4.66. The number of halogens is 3. The summed E-state index contributed by atoms with van der Waals surface area (Å²) in [6, 6.07) is 17.8. The van der Waals surface area contributed by atoms with Crippen molar-refractivity contribution in [2.24, 2.45) is 0 Å². The largest absolute Gasteiger partial charge is 0.433 e. The summed E-state index contributed by atoms with van der Waals surface area (Å²) in [7, 11) is 0. The van der Waals surface area contributed by atoms with Crippen LogP contribution in [-0.2, 0) is 6.18 Å². The van der Waals surface area contributed by atoms with Crippen molar-refractivity contribution in [2.75, 3.05) is 24.5 Å². The first kappa shape index (κ1) is 22.9. The van der Waals surface area contributed by atoms with Gasteiger partial charge in [0.25, 0.3) is 5.91 Å². The number of aromatic nitrogens is 3. The maximum Gasteiger partial charge on any atom is 0.433 e. The van der Waals surface area contributed by atoms with Crippen molar-refractivity contribution in [1.82, 2.24) is 19.5 Å². The number of amides is 1. The molecule has 1 saturated heterocycles. The molecule has 1 atom stereocenters. The van der Waals surface area contributed by atoms with Crippen LogP contribution < -0.4 is 4.90 Å². The molecule has 2 aromatic carbocycles. The van der Waals surface area contributed by atoms with E-state index in [1.165, 1.54) is 11.8 Å². The zero-order valence-corrected chi connectivity index (χ0v) is 19.3. The number of carbonyl (C=O) groups is 1. The molecule has 0 aliphatic carbocycles. The van der Waals surface area contributed by atoms with Crippen LogP contribution in [0, 0.1) is 6.92 Å². The first-order chi connectivity index (χ1) is 16.7. The molecule has 0 saturated carbocycles. The molecule has 5 rings (SSSR count). The third kappa shape index (κ3) is 4.34. The summed E-state index contributed by atoms with van der Waals surface area (Å²) < 4.78 is 42.3. The molecule has 2 aromatic heterocycles. The summed E-state index contributed by atoms with van der Waals surface area (Å²) in [5.41, 5.74) is 1.90. The molecule has 1 amide bonds. The highest BCUT2D eigenvalue weighted by Gasteiger charge is 2.37. The molecule has 0 bridgehead atoms. The predicted molar refractivity (Wildman–Crippen MR) is 127 cm³/mol. The molecule has 0 radical (unpaired) electrons. The number of aryl methyl sites for hydroxylation is 1. The minimum Gasteiger partial charge on any atom is -0.365 e. The van der Waals surface area contributed by atoms with E-state index in [9.17, 15) is 18.0 Å². The second kappa shape index (κ2) is 8.72. The number of nitrogens with zero attached hydrogens (tertiary/aromatic N) is 5. The number of benzene rings is 2. The third-order valence-corrected chi connectivity index (χ3v) is 6.34. The van der Waals surface area contributed by atoms with Gasteiger partial charge in [0, 0.05) is 36.9 Å². The highest BCUT2D eigenvalue weighted by molar-refractivity contribution is 6.00. The zero-order valence-electron chi connectivity index (χ0n) is 19.3. The average Bonchev–Trinajstić information content (AvgIpc) is 3.27. The van der Waals surface area contributed by atoms with Gasteiger partial charge in [-0.1, -0.05) is 48.0 Å². The Balaban J connectivity index is 1.48. The van der Waals surface area contributed by atoms with Crippen molar-refractivity contribution in [3.63, 3.8) is 0 Å². The van der Waals surface area contributed by atoms with Crippen LogP contribution >= 0.6 is 0 Å². The van der Waals surface area contributed by atoms with Crippen molar-refractivity contribution in [3.8, 4) is 11.3 Å². The second-order valence-corrected chi connectivity index (χ2v) is 8.81. The van der Waals surface area contributed by atoms with Crippen molar-refractivity contribution in [1.29, 1.82) is 0 Å². The molecule has 1 aliphatic heterocycles. The molecule has 1 aliphatic rings. The van der Waals surface area contributed by atoms with Gasteiger partial charge in [0.1, 0.15) is 5.56 Å². The SMILES string of the molecule is Cc1ccc(N2CCN(C(=O)c3cnn4c(C(F)(F)F)cc(-c5ccccc5)nc34)C[C@H]2C)cc1. The van der Waals surface area contributed by atoms with Crippen molar-refractivity contribution in [3.05, 3.63) is 83.7 Å². The van der Waals surface area contributed by atoms with Gasteiger partial charge in [-0.15, -0.1) is 0 Å². The van der Waals surface area contributed by atoms with Gasteiger partial charge in [-0.05, 0) is 32.0 Å². The Morgan fingerprint density at radius 1 is 1.03 bits per heavy atom. The fourth-order valence-electron chi connectivity index (χ4n) is 4.50. The van der Waals surface area contributed by atoms with Crippen LogP contribution in [0.3, 0.4) is 0 Å². The van der Waals surface area contributed by atoms with Gasteiger partial charge in [0.15, 0.2) is 11.3 Å². The summed E-state index contributed by atoms with van der Waals surface area (Å²) in [6.45, 7) is 5.56. The Kier molecular flexibility index (Phi) is 5.70. The number of piperazine rings is 1. The van der Waals surface area contributed by atoms with E-state index in [0.29, 0.717) is 29.7 Å². The highest BCUT2D eigenvalue weighted by atomic mass is 19.4. The van der Waals surface area contributed by atoms with Crippen LogP contribution in [0.1, 0.15) is 28.5 Å². The predicted octanol–water partition coefficient (Wildman–Crippen LogP) is 5.07. The van der Waals surface area contributed by atoms with Gasteiger partial charge in [-0.25, -0.2) is 9.50 Å². The van der Waals surface area contributed by atoms with Crippen LogP contribution in [-0.4, -0.2) is 51.1 Å².